The van der Waals surface area contributed by atoms with Crippen LogP contribution in [-0.4, -0.2) is 23.1 Å². The van der Waals surface area contributed by atoms with Crippen molar-refractivity contribution in [2.45, 2.75) is 26.7 Å². The van der Waals surface area contributed by atoms with E-state index in [2.05, 4.69) is 15.8 Å². The molecule has 3 aromatic rings. The molecule has 0 atom stereocenters. The van der Waals surface area contributed by atoms with E-state index in [4.69, 9.17) is 0 Å². The normalized spacial score (nSPS) is 11.0. The number of rotatable bonds is 6. The molecule has 0 saturated heterocycles. The van der Waals surface area contributed by atoms with Gasteiger partial charge in [-0.2, -0.15) is 5.10 Å². The van der Waals surface area contributed by atoms with Gasteiger partial charge in [-0.1, -0.05) is 36.4 Å². The standard InChI is InChI=1S/C23H23N3O3/c1-15-7-9-18(13-16(15)2)25-22(28)11-12-23(29)26-24-14-20-19-6-4-3-5-17(19)8-10-21(20)27/h3-10,13-14,27H,11-12H2,1-2H3,(H,25,28)(H,26,29)/b24-14+. The van der Waals surface area contributed by atoms with Gasteiger partial charge in [0.2, 0.25) is 11.8 Å². The van der Waals surface area contributed by atoms with Gasteiger partial charge in [0.15, 0.2) is 0 Å². The molecule has 3 N–H and O–H groups in total. The van der Waals surface area contributed by atoms with Crippen molar-refractivity contribution in [1.29, 1.82) is 0 Å². The molecule has 0 heterocycles. The van der Waals surface area contributed by atoms with Gasteiger partial charge in [0.05, 0.1) is 6.21 Å². The zero-order chi connectivity index (χ0) is 20.8. The summed E-state index contributed by atoms with van der Waals surface area (Å²) in [6, 6.07) is 16.6. The van der Waals surface area contributed by atoms with E-state index in [9.17, 15) is 14.7 Å². The molecule has 6 heteroatoms. The summed E-state index contributed by atoms with van der Waals surface area (Å²) in [6.45, 7) is 3.98. The number of aromatic hydroxyl groups is 1. The molecule has 0 saturated carbocycles. The van der Waals surface area contributed by atoms with Crippen LogP contribution in [0.15, 0.2) is 59.7 Å². The molecule has 0 aliphatic carbocycles. The molecule has 0 aliphatic rings. The van der Waals surface area contributed by atoms with Crippen LogP contribution in [0.1, 0.15) is 29.5 Å². The summed E-state index contributed by atoms with van der Waals surface area (Å²) in [5.41, 5.74) is 5.87. The van der Waals surface area contributed by atoms with Crippen LogP contribution in [-0.2, 0) is 9.59 Å². The number of nitrogens with one attached hydrogen (secondary N) is 2. The fraction of sp³-hybridized carbons (Fsp3) is 0.174. The van der Waals surface area contributed by atoms with Crippen molar-refractivity contribution >= 4 is 34.5 Å². The number of fused-ring (bicyclic) bond motifs is 1. The molecule has 0 spiro atoms. The highest BCUT2D eigenvalue weighted by molar-refractivity contribution is 6.02. The van der Waals surface area contributed by atoms with Crippen molar-refractivity contribution in [3.63, 3.8) is 0 Å². The fourth-order valence-corrected chi connectivity index (χ4v) is 2.91. The Morgan fingerprint density at radius 3 is 2.52 bits per heavy atom. The number of phenols is 1. The first-order valence-corrected chi connectivity index (χ1v) is 9.34. The highest BCUT2D eigenvalue weighted by Gasteiger charge is 2.08. The Morgan fingerprint density at radius 2 is 1.72 bits per heavy atom. The van der Waals surface area contributed by atoms with Crippen LogP contribution in [0.5, 0.6) is 5.75 Å². The van der Waals surface area contributed by atoms with E-state index in [-0.39, 0.29) is 30.4 Å². The van der Waals surface area contributed by atoms with E-state index in [0.717, 1.165) is 21.9 Å². The first-order valence-electron chi connectivity index (χ1n) is 9.34. The van der Waals surface area contributed by atoms with Crippen molar-refractivity contribution in [2.24, 2.45) is 5.10 Å². The van der Waals surface area contributed by atoms with E-state index in [1.807, 2.05) is 62.4 Å². The summed E-state index contributed by atoms with van der Waals surface area (Å²) in [5.74, 6) is -0.537. The third-order valence-electron chi connectivity index (χ3n) is 4.70. The minimum Gasteiger partial charge on any atom is -0.507 e. The van der Waals surface area contributed by atoms with E-state index in [1.165, 1.54) is 6.21 Å². The number of hydrogen-bond acceptors (Lipinski definition) is 4. The van der Waals surface area contributed by atoms with Gasteiger partial charge >= 0.3 is 0 Å². The lowest BCUT2D eigenvalue weighted by Crippen LogP contribution is -2.20. The first kappa shape index (κ1) is 20.1. The number of amides is 2. The monoisotopic (exact) mass is 389 g/mol. The summed E-state index contributed by atoms with van der Waals surface area (Å²) in [7, 11) is 0. The summed E-state index contributed by atoms with van der Waals surface area (Å²) in [4.78, 5) is 24.0. The maximum atomic E-state index is 12.0. The minimum absolute atomic E-state index is 0.00946. The number of hydrogen-bond donors (Lipinski definition) is 3. The van der Waals surface area contributed by atoms with Gasteiger partial charge in [0.25, 0.3) is 0 Å². The summed E-state index contributed by atoms with van der Waals surface area (Å²) in [6.07, 6.45) is 1.47. The Labute approximate surface area is 169 Å². The summed E-state index contributed by atoms with van der Waals surface area (Å²) < 4.78 is 0. The minimum atomic E-state index is -0.379. The van der Waals surface area contributed by atoms with Gasteiger partial charge in [-0.05, 0) is 53.9 Å². The Morgan fingerprint density at radius 1 is 0.966 bits per heavy atom. The Bertz CT molecular complexity index is 1090. The lowest BCUT2D eigenvalue weighted by atomic mass is 10.0. The van der Waals surface area contributed by atoms with Crippen LogP contribution in [0.2, 0.25) is 0 Å². The molecule has 0 aromatic heterocycles. The Kier molecular flexibility index (Phi) is 6.24. The number of benzene rings is 3. The number of hydrazone groups is 1. The van der Waals surface area contributed by atoms with Crippen molar-refractivity contribution in [3.05, 3.63) is 71.3 Å². The number of carbonyl (C=O) groups excluding carboxylic acids is 2. The topological polar surface area (TPSA) is 90.8 Å². The quantitative estimate of drug-likeness (QED) is 0.439. The molecule has 148 valence electrons. The Balaban J connectivity index is 1.53. The van der Waals surface area contributed by atoms with Crippen LogP contribution in [0.25, 0.3) is 10.8 Å². The highest BCUT2D eigenvalue weighted by Crippen LogP contribution is 2.25. The molecule has 0 unspecified atom stereocenters. The average Bonchev–Trinajstić information content (AvgIpc) is 2.71. The molecule has 6 nitrogen and oxygen atoms in total. The molecule has 29 heavy (non-hydrogen) atoms. The van der Waals surface area contributed by atoms with Gasteiger partial charge in [-0.25, -0.2) is 5.43 Å². The number of carbonyl (C=O) groups is 2. The van der Waals surface area contributed by atoms with Crippen molar-refractivity contribution < 1.29 is 14.7 Å². The summed E-state index contributed by atoms with van der Waals surface area (Å²) >= 11 is 0. The van der Waals surface area contributed by atoms with E-state index in [1.54, 1.807) is 6.07 Å². The predicted molar refractivity (Wildman–Crippen MR) is 115 cm³/mol. The van der Waals surface area contributed by atoms with Crippen LogP contribution in [0, 0.1) is 13.8 Å². The van der Waals surface area contributed by atoms with Gasteiger partial charge in [0, 0.05) is 24.1 Å². The number of phenolic OH excluding ortho intramolecular Hbond substituents is 1. The number of anilines is 1. The van der Waals surface area contributed by atoms with E-state index < -0.39 is 0 Å². The van der Waals surface area contributed by atoms with Crippen molar-refractivity contribution in [1.82, 2.24) is 5.43 Å². The van der Waals surface area contributed by atoms with Crippen LogP contribution < -0.4 is 10.7 Å². The molecule has 0 bridgehead atoms. The molecule has 0 radical (unpaired) electrons. The predicted octanol–water partition coefficient (Wildman–Crippen LogP) is 4.03. The van der Waals surface area contributed by atoms with Crippen LogP contribution >= 0.6 is 0 Å². The zero-order valence-electron chi connectivity index (χ0n) is 16.4. The Hall–Kier alpha value is -3.67. The molecule has 2 amide bonds. The number of nitrogens with zero attached hydrogens (tertiary/aromatic N) is 1. The molecule has 3 rings (SSSR count). The lowest BCUT2D eigenvalue weighted by Gasteiger charge is -2.07. The van der Waals surface area contributed by atoms with E-state index in [0.29, 0.717) is 11.3 Å². The molecular weight excluding hydrogens is 366 g/mol. The van der Waals surface area contributed by atoms with Crippen molar-refractivity contribution in [2.75, 3.05) is 5.32 Å². The van der Waals surface area contributed by atoms with E-state index >= 15 is 0 Å². The number of aryl methyl sites for hydroxylation is 2. The first-order chi connectivity index (χ1) is 13.9. The second-order valence-electron chi connectivity index (χ2n) is 6.86. The van der Waals surface area contributed by atoms with Gasteiger partial charge in [0.1, 0.15) is 5.75 Å². The second-order valence-corrected chi connectivity index (χ2v) is 6.86. The maximum absolute atomic E-state index is 12.0. The SMILES string of the molecule is Cc1ccc(NC(=O)CCC(=O)N/N=C/c2c(O)ccc3ccccc23)cc1C. The highest BCUT2D eigenvalue weighted by atomic mass is 16.3. The molecular formula is C23H23N3O3. The van der Waals surface area contributed by atoms with Crippen LogP contribution in [0.4, 0.5) is 5.69 Å². The lowest BCUT2D eigenvalue weighted by molar-refractivity contribution is -0.124. The third kappa shape index (κ3) is 5.19. The zero-order valence-corrected chi connectivity index (χ0v) is 16.4. The maximum Gasteiger partial charge on any atom is 0.240 e. The fourth-order valence-electron chi connectivity index (χ4n) is 2.91. The second kappa shape index (κ2) is 9.01. The molecule has 0 aliphatic heterocycles. The smallest absolute Gasteiger partial charge is 0.240 e. The third-order valence-corrected chi connectivity index (χ3v) is 4.70. The van der Waals surface area contributed by atoms with Gasteiger partial charge < -0.3 is 10.4 Å². The van der Waals surface area contributed by atoms with Crippen LogP contribution in [0.3, 0.4) is 0 Å². The van der Waals surface area contributed by atoms with Crippen molar-refractivity contribution in [3.8, 4) is 5.75 Å². The summed E-state index contributed by atoms with van der Waals surface area (Å²) in [5, 5.41) is 18.6. The average molecular weight is 389 g/mol. The molecule has 3 aromatic carbocycles. The largest absolute Gasteiger partial charge is 0.507 e. The molecule has 0 fully saturated rings. The van der Waals surface area contributed by atoms with Gasteiger partial charge in [-0.3, -0.25) is 9.59 Å². The van der Waals surface area contributed by atoms with Gasteiger partial charge in [-0.15, -0.1) is 0 Å².